The maximum absolute atomic E-state index is 12.1. The zero-order valence-corrected chi connectivity index (χ0v) is 17.4. The van der Waals surface area contributed by atoms with Crippen LogP contribution in [-0.2, 0) is 24.3 Å². The molecule has 4 nitrogen and oxygen atoms in total. The largest absolute Gasteiger partial charge is 0.352 e. The van der Waals surface area contributed by atoms with E-state index in [1.165, 1.54) is 11.1 Å². The Morgan fingerprint density at radius 3 is 2.46 bits per heavy atom. The first kappa shape index (κ1) is 20.8. The van der Waals surface area contributed by atoms with E-state index in [1.54, 1.807) is 0 Å². The van der Waals surface area contributed by atoms with Gasteiger partial charge in [0.25, 0.3) is 0 Å². The molecular weight excluding hydrogens is 370 g/mol. The van der Waals surface area contributed by atoms with Gasteiger partial charge >= 0.3 is 0 Å². The first-order chi connectivity index (χ1) is 13.6. The number of piperazine rings is 1. The average molecular weight is 400 g/mol. The average Bonchev–Trinajstić information content (AvgIpc) is 2.70. The van der Waals surface area contributed by atoms with Crippen LogP contribution in [0.4, 0.5) is 0 Å². The Morgan fingerprint density at radius 1 is 1.00 bits per heavy atom. The molecule has 3 rings (SSSR count). The number of aryl methyl sites for hydroxylation is 1. The Bertz CT molecular complexity index is 755. The lowest BCUT2D eigenvalue weighted by atomic mass is 10.1. The number of halogens is 1. The fourth-order valence-electron chi connectivity index (χ4n) is 3.50. The van der Waals surface area contributed by atoms with Gasteiger partial charge in [0.05, 0.1) is 0 Å². The molecule has 1 aliphatic rings. The SMILES string of the molecule is CN1CCN(Cc2cccc(CNC(=O)CCCc3ccc(Cl)cc3)c2)CC1. The molecule has 150 valence electrons. The minimum atomic E-state index is 0.110. The van der Waals surface area contributed by atoms with Crippen LogP contribution in [-0.4, -0.2) is 48.9 Å². The lowest BCUT2D eigenvalue weighted by molar-refractivity contribution is -0.121. The normalized spacial score (nSPS) is 15.5. The Kier molecular flexibility index (Phi) is 7.90. The van der Waals surface area contributed by atoms with Gasteiger partial charge in [0.1, 0.15) is 0 Å². The fourth-order valence-corrected chi connectivity index (χ4v) is 3.62. The third-order valence-electron chi connectivity index (χ3n) is 5.27. The molecule has 0 spiro atoms. The number of likely N-dealkylation sites (N-methyl/N-ethyl adjacent to an activating group) is 1. The van der Waals surface area contributed by atoms with Gasteiger partial charge in [0, 0.05) is 50.7 Å². The van der Waals surface area contributed by atoms with Crippen molar-refractivity contribution < 1.29 is 4.79 Å². The Hall–Kier alpha value is -1.88. The van der Waals surface area contributed by atoms with Gasteiger partial charge in [-0.3, -0.25) is 9.69 Å². The predicted molar refractivity (Wildman–Crippen MR) is 115 cm³/mol. The molecule has 1 aliphatic heterocycles. The number of amides is 1. The molecule has 1 saturated heterocycles. The molecule has 0 atom stereocenters. The number of carbonyl (C=O) groups is 1. The molecule has 0 bridgehead atoms. The number of hydrogen-bond donors (Lipinski definition) is 1. The quantitative estimate of drug-likeness (QED) is 0.734. The van der Waals surface area contributed by atoms with Gasteiger partial charge in [-0.25, -0.2) is 0 Å². The van der Waals surface area contributed by atoms with Gasteiger partial charge in [-0.15, -0.1) is 0 Å². The van der Waals surface area contributed by atoms with Gasteiger partial charge in [-0.05, 0) is 48.7 Å². The van der Waals surface area contributed by atoms with Crippen LogP contribution >= 0.6 is 11.6 Å². The molecule has 1 heterocycles. The molecule has 0 saturated carbocycles. The summed E-state index contributed by atoms with van der Waals surface area (Å²) in [6.45, 7) is 6.07. The van der Waals surface area contributed by atoms with Crippen molar-refractivity contribution in [1.82, 2.24) is 15.1 Å². The second kappa shape index (κ2) is 10.6. The number of hydrogen-bond acceptors (Lipinski definition) is 3. The Morgan fingerprint density at radius 2 is 1.71 bits per heavy atom. The van der Waals surface area contributed by atoms with E-state index in [9.17, 15) is 4.79 Å². The predicted octanol–water partition coefficient (Wildman–Crippen LogP) is 3.73. The molecule has 5 heteroatoms. The van der Waals surface area contributed by atoms with E-state index in [4.69, 9.17) is 11.6 Å². The third-order valence-corrected chi connectivity index (χ3v) is 5.52. The van der Waals surface area contributed by atoms with Gasteiger partial charge in [-0.2, -0.15) is 0 Å². The molecule has 2 aromatic carbocycles. The van der Waals surface area contributed by atoms with Crippen LogP contribution in [0.2, 0.25) is 5.02 Å². The molecule has 0 aliphatic carbocycles. The van der Waals surface area contributed by atoms with Crippen LogP contribution < -0.4 is 5.32 Å². The highest BCUT2D eigenvalue weighted by Gasteiger charge is 2.13. The summed E-state index contributed by atoms with van der Waals surface area (Å²) in [7, 11) is 2.18. The third kappa shape index (κ3) is 6.93. The van der Waals surface area contributed by atoms with E-state index in [0.717, 1.165) is 56.2 Å². The summed E-state index contributed by atoms with van der Waals surface area (Å²) in [5.41, 5.74) is 3.70. The minimum Gasteiger partial charge on any atom is -0.352 e. The van der Waals surface area contributed by atoms with Crippen molar-refractivity contribution in [1.29, 1.82) is 0 Å². The summed E-state index contributed by atoms with van der Waals surface area (Å²) in [6, 6.07) is 16.4. The number of carbonyl (C=O) groups excluding carboxylic acids is 1. The number of nitrogens with zero attached hydrogens (tertiary/aromatic N) is 2. The van der Waals surface area contributed by atoms with Crippen LogP contribution in [0.15, 0.2) is 48.5 Å². The topological polar surface area (TPSA) is 35.6 Å². The highest BCUT2D eigenvalue weighted by atomic mass is 35.5. The summed E-state index contributed by atoms with van der Waals surface area (Å²) in [4.78, 5) is 17.0. The van der Waals surface area contributed by atoms with Gasteiger partial charge in [-0.1, -0.05) is 48.0 Å². The van der Waals surface area contributed by atoms with Crippen molar-refractivity contribution in [3.8, 4) is 0 Å². The maximum atomic E-state index is 12.1. The van der Waals surface area contributed by atoms with Crippen molar-refractivity contribution in [2.24, 2.45) is 0 Å². The summed E-state index contributed by atoms with van der Waals surface area (Å²) in [5.74, 6) is 0.110. The maximum Gasteiger partial charge on any atom is 0.220 e. The zero-order valence-electron chi connectivity index (χ0n) is 16.7. The Labute approximate surface area is 173 Å². The van der Waals surface area contributed by atoms with Crippen LogP contribution in [0.1, 0.15) is 29.5 Å². The van der Waals surface area contributed by atoms with E-state index >= 15 is 0 Å². The summed E-state index contributed by atoms with van der Waals surface area (Å²) in [6.07, 6.45) is 2.28. The monoisotopic (exact) mass is 399 g/mol. The van der Waals surface area contributed by atoms with Crippen molar-refractivity contribution in [3.05, 3.63) is 70.2 Å². The number of nitrogens with one attached hydrogen (secondary N) is 1. The molecule has 1 N–H and O–H groups in total. The smallest absolute Gasteiger partial charge is 0.220 e. The molecule has 0 unspecified atom stereocenters. The molecule has 28 heavy (non-hydrogen) atoms. The molecule has 0 aromatic heterocycles. The van der Waals surface area contributed by atoms with E-state index < -0.39 is 0 Å². The molecule has 1 amide bonds. The zero-order chi connectivity index (χ0) is 19.8. The second-order valence-electron chi connectivity index (χ2n) is 7.66. The molecule has 2 aromatic rings. The molecular formula is C23H30ClN3O. The fraction of sp³-hybridized carbons (Fsp3) is 0.435. The first-order valence-electron chi connectivity index (χ1n) is 10.1. The highest BCUT2D eigenvalue weighted by Crippen LogP contribution is 2.12. The number of benzene rings is 2. The lowest BCUT2D eigenvalue weighted by Crippen LogP contribution is -2.43. The van der Waals surface area contributed by atoms with Crippen LogP contribution in [0.3, 0.4) is 0 Å². The van der Waals surface area contributed by atoms with Crippen LogP contribution in [0, 0.1) is 0 Å². The minimum absolute atomic E-state index is 0.110. The number of rotatable bonds is 8. The molecule has 1 fully saturated rings. The Balaban J connectivity index is 1.39. The van der Waals surface area contributed by atoms with E-state index in [2.05, 4.69) is 46.4 Å². The van der Waals surface area contributed by atoms with Gasteiger partial charge < -0.3 is 10.2 Å². The molecule has 0 radical (unpaired) electrons. The van der Waals surface area contributed by atoms with Gasteiger partial charge in [0.15, 0.2) is 0 Å². The standard InChI is InChI=1S/C23H30ClN3O/c1-26-12-14-27(15-13-26)18-21-6-2-5-20(16-21)17-25-23(28)7-3-4-19-8-10-22(24)11-9-19/h2,5-6,8-11,16H,3-4,7,12-15,17-18H2,1H3,(H,25,28). The van der Waals surface area contributed by atoms with Crippen molar-refractivity contribution >= 4 is 17.5 Å². The summed E-state index contributed by atoms with van der Waals surface area (Å²) in [5, 5.41) is 3.80. The van der Waals surface area contributed by atoms with Gasteiger partial charge in [0.2, 0.25) is 5.91 Å². The lowest BCUT2D eigenvalue weighted by Gasteiger charge is -2.32. The van der Waals surface area contributed by atoms with E-state index in [0.29, 0.717) is 13.0 Å². The highest BCUT2D eigenvalue weighted by molar-refractivity contribution is 6.30. The summed E-state index contributed by atoms with van der Waals surface area (Å²) < 4.78 is 0. The van der Waals surface area contributed by atoms with E-state index in [-0.39, 0.29) is 5.91 Å². The van der Waals surface area contributed by atoms with E-state index in [1.807, 2.05) is 24.3 Å². The first-order valence-corrected chi connectivity index (χ1v) is 10.5. The van der Waals surface area contributed by atoms with Crippen molar-refractivity contribution in [3.63, 3.8) is 0 Å². The summed E-state index contributed by atoms with van der Waals surface area (Å²) >= 11 is 5.90. The van der Waals surface area contributed by atoms with Crippen LogP contribution in [0.5, 0.6) is 0 Å². The van der Waals surface area contributed by atoms with Crippen molar-refractivity contribution in [2.75, 3.05) is 33.2 Å². The van der Waals surface area contributed by atoms with Crippen molar-refractivity contribution in [2.45, 2.75) is 32.4 Å². The second-order valence-corrected chi connectivity index (χ2v) is 8.09. The van der Waals surface area contributed by atoms with Crippen LogP contribution in [0.25, 0.3) is 0 Å².